The fraction of sp³-hybridized carbons (Fsp3) is 0.692. The Morgan fingerprint density at radius 3 is 3.12 bits per heavy atom. The Balaban J connectivity index is 1.99. The summed E-state index contributed by atoms with van der Waals surface area (Å²) in [5, 5.41) is 2.11. The molecule has 0 radical (unpaired) electrons. The molecule has 1 aliphatic rings. The lowest BCUT2D eigenvalue weighted by molar-refractivity contribution is -0.0403. The normalized spacial score (nSPS) is 23.8. The first-order chi connectivity index (χ1) is 8.22. The van der Waals surface area contributed by atoms with Gasteiger partial charge >= 0.3 is 0 Å². The first-order valence-electron chi connectivity index (χ1n) is 6.36. The highest BCUT2D eigenvalue weighted by Crippen LogP contribution is 2.27. The third-order valence-electron chi connectivity index (χ3n) is 3.32. The minimum absolute atomic E-state index is 0.0228. The molecule has 2 heterocycles. The van der Waals surface area contributed by atoms with E-state index < -0.39 is 0 Å². The zero-order chi connectivity index (χ0) is 12.3. The van der Waals surface area contributed by atoms with Crippen LogP contribution >= 0.6 is 11.3 Å². The number of rotatable bonds is 4. The maximum atomic E-state index is 6.33. The van der Waals surface area contributed by atoms with Crippen LogP contribution in [0.2, 0.25) is 0 Å². The van der Waals surface area contributed by atoms with Crippen LogP contribution in [0, 0.1) is 6.92 Å². The van der Waals surface area contributed by atoms with Gasteiger partial charge in [0.15, 0.2) is 0 Å². The van der Waals surface area contributed by atoms with Gasteiger partial charge in [0.2, 0.25) is 0 Å². The van der Waals surface area contributed by atoms with Crippen molar-refractivity contribution in [2.75, 3.05) is 26.2 Å². The SMILES string of the molecule is CCCN1CCOC(C(N)c2sccc2C)C1. The molecular formula is C13H22N2OS. The molecule has 17 heavy (non-hydrogen) atoms. The molecule has 1 aromatic heterocycles. The van der Waals surface area contributed by atoms with E-state index in [4.69, 9.17) is 10.5 Å². The van der Waals surface area contributed by atoms with Crippen molar-refractivity contribution in [3.63, 3.8) is 0 Å². The Hall–Kier alpha value is -0.420. The summed E-state index contributed by atoms with van der Waals surface area (Å²) in [6.45, 7) is 8.30. The molecule has 0 aliphatic carbocycles. The van der Waals surface area contributed by atoms with Crippen molar-refractivity contribution < 1.29 is 4.74 Å². The molecule has 1 aromatic rings. The maximum absolute atomic E-state index is 6.33. The van der Waals surface area contributed by atoms with Gasteiger partial charge in [-0.1, -0.05) is 6.92 Å². The largest absolute Gasteiger partial charge is 0.374 e. The topological polar surface area (TPSA) is 38.5 Å². The summed E-state index contributed by atoms with van der Waals surface area (Å²) in [5.41, 5.74) is 7.62. The second-order valence-corrected chi connectivity index (χ2v) is 5.65. The molecule has 0 aromatic carbocycles. The van der Waals surface area contributed by atoms with Crippen molar-refractivity contribution in [3.05, 3.63) is 21.9 Å². The first-order valence-corrected chi connectivity index (χ1v) is 7.24. The number of ether oxygens (including phenoxy) is 1. The molecule has 0 saturated carbocycles. The Morgan fingerprint density at radius 2 is 2.47 bits per heavy atom. The predicted molar refractivity (Wildman–Crippen MR) is 72.5 cm³/mol. The van der Waals surface area contributed by atoms with Gasteiger partial charge in [-0.25, -0.2) is 0 Å². The Labute approximate surface area is 108 Å². The van der Waals surface area contributed by atoms with Gasteiger partial charge in [-0.15, -0.1) is 11.3 Å². The Bertz CT molecular complexity index is 351. The summed E-state index contributed by atoms with van der Waals surface area (Å²) >= 11 is 1.74. The van der Waals surface area contributed by atoms with Crippen molar-refractivity contribution in [1.29, 1.82) is 0 Å². The summed E-state index contributed by atoms with van der Waals surface area (Å²) in [6, 6.07) is 2.15. The average Bonchev–Trinajstić information content (AvgIpc) is 2.75. The highest BCUT2D eigenvalue weighted by molar-refractivity contribution is 7.10. The Morgan fingerprint density at radius 1 is 1.65 bits per heavy atom. The van der Waals surface area contributed by atoms with Crippen molar-refractivity contribution in [2.24, 2.45) is 5.73 Å². The fourth-order valence-corrected chi connectivity index (χ4v) is 3.34. The average molecular weight is 254 g/mol. The quantitative estimate of drug-likeness (QED) is 0.895. The lowest BCUT2D eigenvalue weighted by atomic mass is 10.1. The van der Waals surface area contributed by atoms with Crippen LogP contribution in [0.5, 0.6) is 0 Å². The van der Waals surface area contributed by atoms with E-state index in [0.29, 0.717) is 0 Å². The van der Waals surface area contributed by atoms with E-state index in [0.717, 1.165) is 26.2 Å². The minimum Gasteiger partial charge on any atom is -0.374 e. The predicted octanol–water partition coefficient (Wildman–Crippen LogP) is 2.17. The van der Waals surface area contributed by atoms with Crippen LogP contribution in [0.25, 0.3) is 0 Å². The van der Waals surface area contributed by atoms with Crippen LogP contribution in [-0.2, 0) is 4.74 Å². The molecule has 2 N–H and O–H groups in total. The van der Waals surface area contributed by atoms with Crippen LogP contribution in [0.15, 0.2) is 11.4 Å². The van der Waals surface area contributed by atoms with Crippen LogP contribution in [0.1, 0.15) is 29.8 Å². The second kappa shape index (κ2) is 5.96. The summed E-state index contributed by atoms with van der Waals surface area (Å²) < 4.78 is 5.84. The fourth-order valence-electron chi connectivity index (χ4n) is 2.36. The van der Waals surface area contributed by atoms with Gasteiger partial charge in [0.25, 0.3) is 0 Å². The minimum atomic E-state index is 0.0228. The number of nitrogens with zero attached hydrogens (tertiary/aromatic N) is 1. The number of nitrogens with two attached hydrogens (primary N) is 1. The molecule has 2 rings (SSSR count). The summed E-state index contributed by atoms with van der Waals surface area (Å²) in [5.74, 6) is 0. The third kappa shape index (κ3) is 3.07. The molecule has 0 amide bonds. The van der Waals surface area contributed by atoms with Crippen LogP contribution in [0.3, 0.4) is 0 Å². The number of hydrogen-bond donors (Lipinski definition) is 1. The van der Waals surface area contributed by atoms with E-state index in [1.807, 2.05) is 0 Å². The molecule has 0 spiro atoms. The highest BCUT2D eigenvalue weighted by atomic mass is 32.1. The van der Waals surface area contributed by atoms with Crippen LogP contribution in [-0.4, -0.2) is 37.2 Å². The molecule has 1 fully saturated rings. The number of morpholine rings is 1. The second-order valence-electron chi connectivity index (χ2n) is 4.70. The maximum Gasteiger partial charge on any atom is 0.0902 e. The first kappa shape index (κ1) is 13.0. The standard InChI is InChI=1S/C13H22N2OS/c1-3-5-15-6-7-16-11(9-15)12(14)13-10(2)4-8-17-13/h4,8,11-12H,3,5-7,9,14H2,1-2H3. The molecule has 2 atom stereocenters. The Kier molecular flexibility index (Phi) is 4.56. The van der Waals surface area contributed by atoms with E-state index >= 15 is 0 Å². The molecule has 96 valence electrons. The van der Waals surface area contributed by atoms with Gasteiger partial charge in [-0.3, -0.25) is 4.90 Å². The highest BCUT2D eigenvalue weighted by Gasteiger charge is 2.27. The van der Waals surface area contributed by atoms with Crippen molar-refractivity contribution in [2.45, 2.75) is 32.4 Å². The zero-order valence-electron chi connectivity index (χ0n) is 10.7. The number of thiophene rings is 1. The molecular weight excluding hydrogens is 232 g/mol. The van der Waals surface area contributed by atoms with E-state index in [1.165, 1.54) is 16.9 Å². The zero-order valence-corrected chi connectivity index (χ0v) is 11.5. The van der Waals surface area contributed by atoms with E-state index in [1.54, 1.807) is 11.3 Å². The van der Waals surface area contributed by atoms with Crippen molar-refractivity contribution in [1.82, 2.24) is 4.90 Å². The van der Waals surface area contributed by atoms with Gasteiger partial charge in [-0.2, -0.15) is 0 Å². The van der Waals surface area contributed by atoms with Crippen LogP contribution in [0.4, 0.5) is 0 Å². The summed E-state index contributed by atoms with van der Waals surface area (Å²) in [7, 11) is 0. The van der Waals surface area contributed by atoms with Crippen molar-refractivity contribution >= 4 is 11.3 Å². The molecule has 0 bridgehead atoms. The van der Waals surface area contributed by atoms with E-state index in [2.05, 4.69) is 30.2 Å². The molecule has 3 nitrogen and oxygen atoms in total. The molecule has 1 aliphatic heterocycles. The molecule has 2 unspecified atom stereocenters. The van der Waals surface area contributed by atoms with Gasteiger partial charge in [0.1, 0.15) is 0 Å². The molecule has 4 heteroatoms. The van der Waals surface area contributed by atoms with Gasteiger partial charge in [0, 0.05) is 18.0 Å². The van der Waals surface area contributed by atoms with Gasteiger partial charge in [-0.05, 0) is 36.9 Å². The number of aryl methyl sites for hydroxylation is 1. The number of hydrogen-bond acceptors (Lipinski definition) is 4. The third-order valence-corrected chi connectivity index (χ3v) is 4.44. The monoisotopic (exact) mass is 254 g/mol. The lowest BCUT2D eigenvalue weighted by Gasteiger charge is -2.35. The summed E-state index contributed by atoms with van der Waals surface area (Å²) in [6.07, 6.45) is 1.34. The smallest absolute Gasteiger partial charge is 0.0902 e. The van der Waals surface area contributed by atoms with Gasteiger partial charge < -0.3 is 10.5 Å². The van der Waals surface area contributed by atoms with Gasteiger partial charge in [0.05, 0.1) is 18.8 Å². The van der Waals surface area contributed by atoms with Crippen LogP contribution < -0.4 is 5.73 Å². The summed E-state index contributed by atoms with van der Waals surface area (Å²) in [4.78, 5) is 3.73. The van der Waals surface area contributed by atoms with E-state index in [9.17, 15) is 0 Å². The van der Waals surface area contributed by atoms with Crippen molar-refractivity contribution in [3.8, 4) is 0 Å². The lowest BCUT2D eigenvalue weighted by Crippen LogP contribution is -2.47. The molecule has 1 saturated heterocycles. The van der Waals surface area contributed by atoms with E-state index in [-0.39, 0.29) is 12.1 Å².